The Hall–Kier alpha value is -1.73. The molecule has 0 amide bonds. The van der Waals surface area contributed by atoms with Gasteiger partial charge in [-0.25, -0.2) is 4.98 Å². The van der Waals surface area contributed by atoms with Gasteiger partial charge in [-0.2, -0.15) is 5.10 Å². The van der Waals surface area contributed by atoms with Gasteiger partial charge in [-0.15, -0.1) is 11.3 Å². The van der Waals surface area contributed by atoms with Gasteiger partial charge in [0.15, 0.2) is 0 Å². The van der Waals surface area contributed by atoms with Crippen LogP contribution in [-0.4, -0.2) is 24.3 Å². The molecule has 1 aromatic carbocycles. The number of ether oxygens (including phenoxy) is 1. The van der Waals surface area contributed by atoms with Gasteiger partial charge in [0, 0.05) is 9.85 Å². The maximum Gasteiger partial charge on any atom is 0.311 e. The maximum absolute atomic E-state index is 11.1. The fraction of sp³-hybridized carbons (Fsp3) is 0.154. The van der Waals surface area contributed by atoms with Crippen molar-refractivity contribution in [3.63, 3.8) is 0 Å². The largest absolute Gasteiger partial charge is 0.469 e. The number of methoxy groups -OCH3 is 1. The lowest BCUT2D eigenvalue weighted by molar-refractivity contribution is -0.139. The highest BCUT2D eigenvalue weighted by atomic mass is 79.9. The molecular formula is C13H12BrN3O2S. The molecule has 0 fully saturated rings. The first-order chi connectivity index (χ1) is 9.67. The molecule has 0 aliphatic heterocycles. The standard InChI is InChI=1S/C13H12BrN3O2S/c1-19-12(18)6-11-8-20-13(16-11)17-15-7-9-2-4-10(14)5-3-9/h2-5,7-8H,6H2,1H3,(H,16,17)/b15-7-. The summed E-state index contributed by atoms with van der Waals surface area (Å²) in [6, 6.07) is 7.78. The number of carbonyl (C=O) groups excluding carboxylic acids is 1. The average Bonchev–Trinajstić information content (AvgIpc) is 2.88. The highest BCUT2D eigenvalue weighted by Gasteiger charge is 2.06. The number of thiazole rings is 1. The van der Waals surface area contributed by atoms with Gasteiger partial charge in [-0.3, -0.25) is 10.2 Å². The molecule has 5 nitrogen and oxygen atoms in total. The molecule has 1 N–H and O–H groups in total. The van der Waals surface area contributed by atoms with Gasteiger partial charge in [0.05, 0.1) is 25.4 Å². The smallest absolute Gasteiger partial charge is 0.311 e. The zero-order chi connectivity index (χ0) is 14.4. The Morgan fingerprint density at radius 3 is 2.95 bits per heavy atom. The van der Waals surface area contributed by atoms with Crippen LogP contribution < -0.4 is 5.43 Å². The van der Waals surface area contributed by atoms with E-state index in [9.17, 15) is 4.79 Å². The number of halogens is 1. The zero-order valence-corrected chi connectivity index (χ0v) is 13.1. The average molecular weight is 354 g/mol. The number of hydrogen-bond acceptors (Lipinski definition) is 6. The van der Waals surface area contributed by atoms with Crippen LogP contribution in [0.5, 0.6) is 0 Å². The predicted molar refractivity (Wildman–Crippen MR) is 83.2 cm³/mol. The summed E-state index contributed by atoms with van der Waals surface area (Å²) < 4.78 is 5.61. The fourth-order valence-electron chi connectivity index (χ4n) is 1.37. The maximum atomic E-state index is 11.1. The van der Waals surface area contributed by atoms with Crippen molar-refractivity contribution in [1.29, 1.82) is 0 Å². The summed E-state index contributed by atoms with van der Waals surface area (Å²) in [5.74, 6) is -0.305. The molecule has 0 saturated carbocycles. The van der Waals surface area contributed by atoms with Crippen LogP contribution in [0.3, 0.4) is 0 Å². The van der Waals surface area contributed by atoms with Crippen molar-refractivity contribution in [3.8, 4) is 0 Å². The number of hydrogen-bond donors (Lipinski definition) is 1. The van der Waals surface area contributed by atoms with E-state index in [4.69, 9.17) is 0 Å². The molecule has 0 saturated heterocycles. The molecule has 0 radical (unpaired) electrons. The van der Waals surface area contributed by atoms with Crippen LogP contribution in [0.1, 0.15) is 11.3 Å². The van der Waals surface area contributed by atoms with E-state index >= 15 is 0 Å². The number of carbonyl (C=O) groups is 1. The molecule has 7 heteroatoms. The normalized spacial score (nSPS) is 10.7. The number of nitrogens with one attached hydrogen (secondary N) is 1. The number of rotatable bonds is 5. The summed E-state index contributed by atoms with van der Waals surface area (Å²) in [6.07, 6.45) is 1.87. The second-order valence-electron chi connectivity index (χ2n) is 3.82. The summed E-state index contributed by atoms with van der Waals surface area (Å²) in [7, 11) is 1.36. The van der Waals surface area contributed by atoms with Gasteiger partial charge in [0.1, 0.15) is 0 Å². The van der Waals surface area contributed by atoms with Gasteiger partial charge in [-0.05, 0) is 17.7 Å². The number of hydrazone groups is 1. The summed E-state index contributed by atoms with van der Waals surface area (Å²) in [5.41, 5.74) is 4.48. The van der Waals surface area contributed by atoms with Gasteiger partial charge < -0.3 is 4.74 Å². The lowest BCUT2D eigenvalue weighted by atomic mass is 10.2. The number of esters is 1. The highest BCUT2D eigenvalue weighted by molar-refractivity contribution is 9.10. The Morgan fingerprint density at radius 1 is 1.50 bits per heavy atom. The quantitative estimate of drug-likeness (QED) is 0.509. The lowest BCUT2D eigenvalue weighted by Crippen LogP contribution is -2.04. The number of benzene rings is 1. The van der Waals surface area contributed by atoms with Gasteiger partial charge in [-0.1, -0.05) is 28.1 Å². The minimum Gasteiger partial charge on any atom is -0.469 e. The second-order valence-corrected chi connectivity index (χ2v) is 5.59. The molecule has 104 valence electrons. The molecule has 20 heavy (non-hydrogen) atoms. The van der Waals surface area contributed by atoms with Gasteiger partial charge in [0.25, 0.3) is 0 Å². The SMILES string of the molecule is COC(=O)Cc1csc(N/N=C\c2ccc(Br)cc2)n1. The van der Waals surface area contributed by atoms with Crippen molar-refractivity contribution < 1.29 is 9.53 Å². The van der Waals surface area contributed by atoms with Crippen molar-refractivity contribution in [1.82, 2.24) is 4.98 Å². The van der Waals surface area contributed by atoms with Gasteiger partial charge >= 0.3 is 5.97 Å². The molecule has 0 spiro atoms. The third-order valence-corrected chi connectivity index (χ3v) is 3.67. The van der Waals surface area contributed by atoms with E-state index in [0.717, 1.165) is 10.0 Å². The summed E-state index contributed by atoms with van der Waals surface area (Å²) in [4.78, 5) is 15.3. The van der Waals surface area contributed by atoms with E-state index in [1.165, 1.54) is 18.4 Å². The van der Waals surface area contributed by atoms with Crippen molar-refractivity contribution in [2.24, 2.45) is 5.10 Å². The Balaban J connectivity index is 1.90. The first-order valence-corrected chi connectivity index (χ1v) is 7.40. The van der Waals surface area contributed by atoms with Crippen molar-refractivity contribution in [2.45, 2.75) is 6.42 Å². The van der Waals surface area contributed by atoms with Crippen LogP contribution >= 0.6 is 27.3 Å². The predicted octanol–water partition coefficient (Wildman–Crippen LogP) is 3.07. The van der Waals surface area contributed by atoms with E-state index in [-0.39, 0.29) is 12.4 Å². The highest BCUT2D eigenvalue weighted by Crippen LogP contribution is 2.16. The molecule has 0 unspecified atom stereocenters. The molecule has 2 rings (SSSR count). The van der Waals surface area contributed by atoms with E-state index in [0.29, 0.717) is 10.8 Å². The molecule has 1 aromatic heterocycles. The van der Waals surface area contributed by atoms with Crippen LogP contribution in [0, 0.1) is 0 Å². The Labute approximate surface area is 128 Å². The fourth-order valence-corrected chi connectivity index (χ4v) is 2.29. The van der Waals surface area contributed by atoms with Crippen molar-refractivity contribution >= 4 is 44.6 Å². The van der Waals surface area contributed by atoms with Crippen LogP contribution in [0.4, 0.5) is 5.13 Å². The minimum atomic E-state index is -0.305. The Kier molecular flexibility index (Phi) is 5.25. The molecule has 0 aliphatic carbocycles. The first kappa shape index (κ1) is 14.7. The number of nitrogens with zero attached hydrogens (tertiary/aromatic N) is 2. The van der Waals surface area contributed by atoms with Gasteiger partial charge in [0.2, 0.25) is 5.13 Å². The van der Waals surface area contributed by atoms with E-state index in [1.54, 1.807) is 11.6 Å². The summed E-state index contributed by atoms with van der Waals surface area (Å²) in [6.45, 7) is 0. The van der Waals surface area contributed by atoms with Crippen molar-refractivity contribution in [2.75, 3.05) is 12.5 Å². The summed E-state index contributed by atoms with van der Waals surface area (Å²) >= 11 is 4.76. The molecule has 0 bridgehead atoms. The Bertz CT molecular complexity index is 610. The second kappa shape index (κ2) is 7.16. The third kappa shape index (κ3) is 4.43. The van der Waals surface area contributed by atoms with Crippen LogP contribution in [0.25, 0.3) is 0 Å². The molecule has 1 heterocycles. The van der Waals surface area contributed by atoms with Crippen LogP contribution in [0.15, 0.2) is 39.2 Å². The lowest BCUT2D eigenvalue weighted by Gasteiger charge is -1.95. The van der Waals surface area contributed by atoms with Crippen molar-refractivity contribution in [3.05, 3.63) is 45.4 Å². The monoisotopic (exact) mass is 353 g/mol. The molecular weight excluding hydrogens is 342 g/mol. The topological polar surface area (TPSA) is 63.6 Å². The number of anilines is 1. The first-order valence-electron chi connectivity index (χ1n) is 5.73. The zero-order valence-electron chi connectivity index (χ0n) is 10.7. The Morgan fingerprint density at radius 2 is 2.25 bits per heavy atom. The van der Waals surface area contributed by atoms with E-state index in [1.807, 2.05) is 24.3 Å². The third-order valence-electron chi connectivity index (χ3n) is 2.35. The van der Waals surface area contributed by atoms with Crippen LogP contribution in [0.2, 0.25) is 0 Å². The molecule has 2 aromatic rings. The molecule has 0 atom stereocenters. The van der Waals surface area contributed by atoms with E-state index in [2.05, 4.69) is 36.2 Å². The van der Waals surface area contributed by atoms with Crippen LogP contribution in [-0.2, 0) is 16.0 Å². The molecule has 0 aliphatic rings. The minimum absolute atomic E-state index is 0.172. The number of aromatic nitrogens is 1. The summed E-state index contributed by atoms with van der Waals surface area (Å²) in [5, 5.41) is 6.53. The van der Waals surface area contributed by atoms with E-state index < -0.39 is 0 Å².